The molecule has 0 fully saturated rings. The van der Waals surface area contributed by atoms with E-state index in [1.165, 1.54) is 39.5 Å². The van der Waals surface area contributed by atoms with Gasteiger partial charge in [0.2, 0.25) is 0 Å². The van der Waals surface area contributed by atoms with Crippen LogP contribution in [0.25, 0.3) is 0 Å². The maximum absolute atomic E-state index is 9.94. The van der Waals surface area contributed by atoms with Crippen molar-refractivity contribution in [3.8, 4) is 11.5 Å². The summed E-state index contributed by atoms with van der Waals surface area (Å²) in [7, 11) is 0. The van der Waals surface area contributed by atoms with Gasteiger partial charge in [0.1, 0.15) is 11.5 Å². The number of hydrogen-bond donors (Lipinski definition) is 3. The molecule has 0 aliphatic heterocycles. The van der Waals surface area contributed by atoms with Crippen LogP contribution in [0.4, 0.5) is 0 Å². The summed E-state index contributed by atoms with van der Waals surface area (Å²) in [5.41, 5.74) is 10.4. The molecule has 0 aromatic heterocycles. The molecule has 3 heteroatoms. The number of aromatic hydroxyl groups is 2. The molecule has 0 unspecified atom stereocenters. The van der Waals surface area contributed by atoms with Crippen molar-refractivity contribution in [1.82, 2.24) is 0 Å². The molecule has 0 heterocycles. The minimum atomic E-state index is 0.163. The number of allylic oxidation sites excluding steroid dienone is 13. The summed E-state index contributed by atoms with van der Waals surface area (Å²) in [5, 5.41) is 29.3. The Hall–Kier alpha value is -3.04. The minimum absolute atomic E-state index is 0.163. The van der Waals surface area contributed by atoms with E-state index in [4.69, 9.17) is 0 Å². The van der Waals surface area contributed by atoms with Crippen molar-refractivity contribution in [3.63, 3.8) is 0 Å². The van der Waals surface area contributed by atoms with E-state index in [1.807, 2.05) is 0 Å². The average Bonchev–Trinajstić information content (AvgIpc) is 2.96. The molecule has 0 radical (unpaired) electrons. The Balaban J connectivity index is 2.31. The van der Waals surface area contributed by atoms with Crippen molar-refractivity contribution in [2.75, 3.05) is 6.61 Å². The second kappa shape index (κ2) is 23.4. The van der Waals surface area contributed by atoms with Gasteiger partial charge in [0, 0.05) is 5.56 Å². The van der Waals surface area contributed by atoms with Crippen LogP contribution in [-0.4, -0.2) is 21.9 Å². The average molecular weight is 603 g/mol. The van der Waals surface area contributed by atoms with Crippen molar-refractivity contribution < 1.29 is 15.3 Å². The smallest absolute Gasteiger partial charge is 0.119 e. The number of hydrogen-bond acceptors (Lipinski definition) is 3. The summed E-state index contributed by atoms with van der Waals surface area (Å²) in [6.45, 7) is 15.5. The second-order valence-electron chi connectivity index (χ2n) is 12.8. The monoisotopic (exact) mass is 602 g/mol. The van der Waals surface area contributed by atoms with Crippen LogP contribution in [0.1, 0.15) is 131 Å². The molecule has 0 aliphatic rings. The maximum Gasteiger partial charge on any atom is 0.119 e. The largest absolute Gasteiger partial charge is 0.508 e. The third-order valence-corrected chi connectivity index (χ3v) is 8.05. The van der Waals surface area contributed by atoms with Crippen LogP contribution < -0.4 is 0 Å². The van der Waals surface area contributed by atoms with Gasteiger partial charge in [-0.1, -0.05) is 76.0 Å². The molecule has 0 spiro atoms. The summed E-state index contributed by atoms with van der Waals surface area (Å²) in [4.78, 5) is 0. The Morgan fingerprint density at radius 2 is 0.932 bits per heavy atom. The van der Waals surface area contributed by atoms with E-state index in [0.717, 1.165) is 88.2 Å². The van der Waals surface area contributed by atoms with Gasteiger partial charge in [-0.3, -0.25) is 0 Å². The first-order valence-electron chi connectivity index (χ1n) is 16.7. The van der Waals surface area contributed by atoms with E-state index < -0.39 is 0 Å². The summed E-state index contributed by atoms with van der Waals surface area (Å²) in [6, 6.07) is 4.67. The van der Waals surface area contributed by atoms with Gasteiger partial charge in [0.15, 0.2) is 0 Å². The first kappa shape index (κ1) is 39.0. The van der Waals surface area contributed by atoms with Crippen LogP contribution in [0.5, 0.6) is 11.5 Å². The predicted molar refractivity (Wildman–Crippen MR) is 192 cm³/mol. The van der Waals surface area contributed by atoms with E-state index in [0.29, 0.717) is 6.42 Å². The first-order valence-corrected chi connectivity index (χ1v) is 16.7. The lowest BCUT2D eigenvalue weighted by Crippen LogP contribution is -1.91. The summed E-state index contributed by atoms with van der Waals surface area (Å²) < 4.78 is 0. The molecule has 0 atom stereocenters. The maximum atomic E-state index is 9.94. The molecule has 244 valence electrons. The van der Waals surface area contributed by atoms with E-state index in [9.17, 15) is 15.3 Å². The molecule has 0 saturated carbocycles. The van der Waals surface area contributed by atoms with Crippen molar-refractivity contribution >= 4 is 0 Å². The topological polar surface area (TPSA) is 60.7 Å². The number of benzene rings is 1. The van der Waals surface area contributed by atoms with E-state index >= 15 is 0 Å². The molecule has 0 amide bonds. The van der Waals surface area contributed by atoms with E-state index in [2.05, 4.69) is 91.0 Å². The van der Waals surface area contributed by atoms with Gasteiger partial charge >= 0.3 is 0 Å². The van der Waals surface area contributed by atoms with Crippen LogP contribution in [0.2, 0.25) is 0 Å². The number of aliphatic hydroxyl groups is 1. The number of phenols is 2. The van der Waals surface area contributed by atoms with Gasteiger partial charge < -0.3 is 15.3 Å². The Bertz CT molecular complexity index is 1200. The van der Waals surface area contributed by atoms with Crippen LogP contribution in [0, 0.1) is 0 Å². The zero-order chi connectivity index (χ0) is 32.7. The zero-order valence-corrected chi connectivity index (χ0v) is 29.0. The zero-order valence-electron chi connectivity index (χ0n) is 29.0. The van der Waals surface area contributed by atoms with Gasteiger partial charge in [-0.2, -0.15) is 0 Å². The molecule has 1 aromatic carbocycles. The molecule has 0 bridgehead atoms. The quantitative estimate of drug-likeness (QED) is 0.0969. The third-order valence-electron chi connectivity index (χ3n) is 8.05. The van der Waals surface area contributed by atoms with Gasteiger partial charge in [-0.05, 0) is 156 Å². The second-order valence-corrected chi connectivity index (χ2v) is 12.8. The number of phenolic OH excluding ortho intramolecular Hbond substituents is 2. The van der Waals surface area contributed by atoms with Crippen molar-refractivity contribution in [2.45, 2.75) is 132 Å². The summed E-state index contributed by atoms with van der Waals surface area (Å²) in [5.74, 6) is 0.416. The highest BCUT2D eigenvalue weighted by Gasteiger charge is 2.02. The van der Waals surface area contributed by atoms with Crippen LogP contribution in [-0.2, 0) is 6.42 Å². The standard InChI is InChI=1S/C41H62O3/c1-32(2)14-8-15-33(3)22-12-24-38(31-42)25-13-23-36(6)19-10-18-34(4)16-9-17-35(5)20-11-21-37(7)26-27-39-30-40(43)28-29-41(39)44/h14,16,19-20,22,25-26,28-30,42-44H,8-13,15,17-18,21,23-24,27,31H2,1-7H3/b33-22+,34-16+,35-20+,36-19+,37-26+,38-25-. The van der Waals surface area contributed by atoms with Crippen molar-refractivity contribution in [2.24, 2.45) is 0 Å². The summed E-state index contributed by atoms with van der Waals surface area (Å²) in [6.07, 6.45) is 29.4. The van der Waals surface area contributed by atoms with E-state index in [-0.39, 0.29) is 18.1 Å². The molecule has 44 heavy (non-hydrogen) atoms. The molecule has 3 N–H and O–H groups in total. The fourth-order valence-corrected chi connectivity index (χ4v) is 5.01. The lowest BCUT2D eigenvalue weighted by Gasteiger charge is -2.05. The van der Waals surface area contributed by atoms with Crippen LogP contribution in [0.3, 0.4) is 0 Å². The van der Waals surface area contributed by atoms with Crippen LogP contribution >= 0.6 is 0 Å². The highest BCUT2D eigenvalue weighted by molar-refractivity contribution is 5.39. The fraction of sp³-hybridized carbons (Fsp3) is 0.512. The molecular formula is C41H62O3. The van der Waals surface area contributed by atoms with Gasteiger partial charge in [0.05, 0.1) is 6.61 Å². The Kier molecular flexibility index (Phi) is 20.7. The lowest BCUT2D eigenvalue weighted by molar-refractivity contribution is 0.326. The SMILES string of the molecule is CC(C)=CCC/C(C)=C/CC/C(=C/CC/C(C)=C/CC/C(C)=C/CC/C(C)=C/CC/C(C)=C/Cc1cc(O)ccc1O)CO. The minimum Gasteiger partial charge on any atom is -0.508 e. The predicted octanol–water partition coefficient (Wildman–Crippen LogP) is 11.9. The Morgan fingerprint density at radius 1 is 0.523 bits per heavy atom. The fourth-order valence-electron chi connectivity index (χ4n) is 5.01. The normalized spacial score (nSPS) is 13.9. The number of aliphatic hydroxyl groups excluding tert-OH is 1. The molecule has 1 rings (SSSR count). The number of rotatable bonds is 21. The van der Waals surface area contributed by atoms with Gasteiger partial charge in [0.25, 0.3) is 0 Å². The molecular weight excluding hydrogens is 540 g/mol. The van der Waals surface area contributed by atoms with Crippen LogP contribution in [0.15, 0.2) is 99.7 Å². The molecule has 0 saturated heterocycles. The molecule has 3 nitrogen and oxygen atoms in total. The van der Waals surface area contributed by atoms with Gasteiger partial charge in [-0.15, -0.1) is 0 Å². The highest BCUT2D eigenvalue weighted by atomic mass is 16.3. The lowest BCUT2D eigenvalue weighted by atomic mass is 10.0. The van der Waals surface area contributed by atoms with Gasteiger partial charge in [-0.25, -0.2) is 0 Å². The van der Waals surface area contributed by atoms with Crippen molar-refractivity contribution in [3.05, 3.63) is 105 Å². The highest BCUT2D eigenvalue weighted by Crippen LogP contribution is 2.23. The Labute approximate surface area is 270 Å². The van der Waals surface area contributed by atoms with Crippen molar-refractivity contribution in [1.29, 1.82) is 0 Å². The van der Waals surface area contributed by atoms with E-state index in [1.54, 1.807) is 12.1 Å². The first-order chi connectivity index (χ1) is 21.0. The summed E-state index contributed by atoms with van der Waals surface area (Å²) >= 11 is 0. The molecule has 0 aliphatic carbocycles. The molecule has 1 aromatic rings. The Morgan fingerprint density at radius 3 is 1.39 bits per heavy atom. The third kappa shape index (κ3) is 20.0.